The Balaban J connectivity index is 2.00. The largest absolute Gasteiger partial charge is 0.466 e. The first-order chi connectivity index (χ1) is 7.61. The second-order valence-electron chi connectivity index (χ2n) is 4.10. The van der Waals surface area contributed by atoms with Gasteiger partial charge in [0.25, 0.3) is 0 Å². The smallest absolute Gasteiger partial charge is 0.306 e. The summed E-state index contributed by atoms with van der Waals surface area (Å²) in [5.41, 5.74) is 0. The molecule has 16 heavy (non-hydrogen) atoms. The average molecular weight is 229 g/mol. The summed E-state index contributed by atoms with van der Waals surface area (Å²) in [6.45, 7) is 2.68. The summed E-state index contributed by atoms with van der Waals surface area (Å²) in [5.74, 6) is -0.0762. The van der Waals surface area contributed by atoms with Crippen LogP contribution in [-0.2, 0) is 14.3 Å². The predicted molar refractivity (Wildman–Crippen MR) is 57.6 cm³/mol. The van der Waals surface area contributed by atoms with Gasteiger partial charge in [-0.05, 0) is 25.7 Å². The number of esters is 1. The van der Waals surface area contributed by atoms with Gasteiger partial charge >= 0.3 is 5.97 Å². The van der Waals surface area contributed by atoms with E-state index in [0.717, 1.165) is 12.8 Å². The van der Waals surface area contributed by atoms with Crippen molar-refractivity contribution in [1.29, 1.82) is 0 Å². The maximum Gasteiger partial charge on any atom is 0.306 e. The molecule has 0 aromatic heterocycles. The van der Waals surface area contributed by atoms with E-state index in [2.05, 4.69) is 5.32 Å². The number of hydrogen-bond donors (Lipinski definition) is 2. The fourth-order valence-electron chi connectivity index (χ4n) is 1.66. The van der Waals surface area contributed by atoms with Crippen LogP contribution in [0.3, 0.4) is 0 Å². The molecule has 0 heterocycles. The summed E-state index contributed by atoms with van der Waals surface area (Å²) in [4.78, 5) is 22.3. The van der Waals surface area contributed by atoms with Crippen LogP contribution in [0.25, 0.3) is 0 Å². The Bertz CT molecular complexity index is 248. The molecule has 5 heteroatoms. The quantitative estimate of drug-likeness (QED) is 0.639. The number of carbonyl (C=O) groups excluding carboxylic acids is 2. The van der Waals surface area contributed by atoms with E-state index in [1.54, 1.807) is 6.92 Å². The minimum Gasteiger partial charge on any atom is -0.466 e. The fourth-order valence-corrected chi connectivity index (χ4v) is 1.66. The van der Waals surface area contributed by atoms with Gasteiger partial charge in [0.15, 0.2) is 0 Å². The van der Waals surface area contributed by atoms with Crippen LogP contribution in [0.4, 0.5) is 0 Å². The van der Waals surface area contributed by atoms with E-state index in [9.17, 15) is 9.59 Å². The molecule has 1 fully saturated rings. The number of hydrogen-bond acceptors (Lipinski definition) is 4. The molecule has 0 aromatic carbocycles. The molecule has 0 aromatic rings. The van der Waals surface area contributed by atoms with Gasteiger partial charge in [-0.25, -0.2) is 0 Å². The minimum atomic E-state index is -0.336. The topological polar surface area (TPSA) is 75.6 Å². The molecule has 0 atom stereocenters. The van der Waals surface area contributed by atoms with Gasteiger partial charge in [-0.1, -0.05) is 0 Å². The summed E-state index contributed by atoms with van der Waals surface area (Å²) in [5, 5.41) is 11.8. The maximum atomic E-state index is 11.3. The highest BCUT2D eigenvalue weighted by Gasteiger charge is 2.27. The Morgan fingerprint density at radius 2 is 2.06 bits per heavy atom. The first-order valence-electron chi connectivity index (χ1n) is 5.72. The summed E-state index contributed by atoms with van der Waals surface area (Å²) in [6, 6.07) is 0. The van der Waals surface area contributed by atoms with Crippen LogP contribution >= 0.6 is 0 Å². The second kappa shape index (κ2) is 6.48. The van der Waals surface area contributed by atoms with Crippen molar-refractivity contribution in [3.05, 3.63) is 0 Å². The highest BCUT2D eigenvalue weighted by atomic mass is 16.5. The van der Waals surface area contributed by atoms with Crippen molar-refractivity contribution in [3.63, 3.8) is 0 Å². The summed E-state index contributed by atoms with van der Waals surface area (Å²) in [6.07, 6.45) is 1.64. The summed E-state index contributed by atoms with van der Waals surface area (Å²) < 4.78 is 4.71. The molecular formula is C11H19NO4. The van der Waals surface area contributed by atoms with Gasteiger partial charge in [-0.2, -0.15) is 0 Å². The Labute approximate surface area is 95.2 Å². The summed E-state index contributed by atoms with van der Waals surface area (Å²) >= 11 is 0. The monoisotopic (exact) mass is 229 g/mol. The number of aliphatic hydroxyl groups excluding tert-OH is 1. The minimum absolute atomic E-state index is 0.130. The lowest BCUT2D eigenvalue weighted by molar-refractivity contribution is -0.144. The van der Waals surface area contributed by atoms with Crippen LogP contribution in [0, 0.1) is 5.92 Å². The third-order valence-corrected chi connectivity index (χ3v) is 2.66. The molecule has 1 aliphatic carbocycles. The molecule has 1 rings (SSSR count). The van der Waals surface area contributed by atoms with Gasteiger partial charge in [0.1, 0.15) is 0 Å². The van der Waals surface area contributed by atoms with Gasteiger partial charge in [-0.3, -0.25) is 9.59 Å². The van der Waals surface area contributed by atoms with Crippen LogP contribution in [-0.4, -0.2) is 36.2 Å². The Kier molecular flexibility index (Phi) is 5.25. The fraction of sp³-hybridized carbons (Fsp3) is 0.818. The van der Waals surface area contributed by atoms with Crippen LogP contribution in [0.5, 0.6) is 0 Å². The van der Waals surface area contributed by atoms with Crippen LogP contribution in [0.15, 0.2) is 0 Å². The molecule has 0 unspecified atom stereocenters. The number of ether oxygens (including phenoxy) is 1. The SMILES string of the molecule is CCOC(=O)CCC(=O)NCC1CC(O)C1. The zero-order valence-corrected chi connectivity index (χ0v) is 9.57. The number of nitrogens with one attached hydrogen (secondary N) is 1. The molecule has 0 aliphatic heterocycles. The van der Waals surface area contributed by atoms with Crippen molar-refractivity contribution < 1.29 is 19.4 Å². The highest BCUT2D eigenvalue weighted by molar-refractivity contribution is 5.81. The lowest BCUT2D eigenvalue weighted by Crippen LogP contribution is -2.38. The third-order valence-electron chi connectivity index (χ3n) is 2.66. The molecule has 1 amide bonds. The second-order valence-corrected chi connectivity index (χ2v) is 4.10. The third kappa shape index (κ3) is 4.61. The maximum absolute atomic E-state index is 11.3. The number of rotatable bonds is 6. The van der Waals surface area contributed by atoms with E-state index >= 15 is 0 Å². The van der Waals surface area contributed by atoms with Crippen molar-refractivity contribution >= 4 is 11.9 Å². The normalized spacial score (nSPS) is 23.4. The molecule has 0 bridgehead atoms. The van der Waals surface area contributed by atoms with Crippen LogP contribution < -0.4 is 5.32 Å². The van der Waals surface area contributed by atoms with E-state index in [1.807, 2.05) is 0 Å². The van der Waals surface area contributed by atoms with E-state index < -0.39 is 0 Å². The number of carbonyl (C=O) groups is 2. The Morgan fingerprint density at radius 1 is 1.38 bits per heavy atom. The molecule has 0 radical (unpaired) electrons. The molecule has 5 nitrogen and oxygen atoms in total. The first-order valence-corrected chi connectivity index (χ1v) is 5.72. The van der Waals surface area contributed by atoms with Crippen LogP contribution in [0.2, 0.25) is 0 Å². The molecule has 1 aliphatic rings. The van der Waals surface area contributed by atoms with E-state index in [-0.39, 0.29) is 30.8 Å². The standard InChI is InChI=1S/C11H19NO4/c1-2-16-11(15)4-3-10(14)12-7-8-5-9(13)6-8/h8-9,13H,2-7H2,1H3,(H,12,14). The van der Waals surface area contributed by atoms with Gasteiger partial charge in [-0.15, -0.1) is 0 Å². The molecule has 92 valence electrons. The number of amides is 1. The Hall–Kier alpha value is -1.10. The predicted octanol–water partition coefficient (Wildman–Crippen LogP) is 0.217. The zero-order valence-electron chi connectivity index (χ0n) is 9.57. The van der Waals surface area contributed by atoms with Gasteiger partial charge < -0.3 is 15.2 Å². The first kappa shape index (κ1) is 13.0. The van der Waals surface area contributed by atoms with Gasteiger partial charge in [0.05, 0.1) is 19.1 Å². The van der Waals surface area contributed by atoms with Crippen LogP contribution in [0.1, 0.15) is 32.6 Å². The lowest BCUT2D eigenvalue weighted by Gasteiger charge is -2.31. The zero-order chi connectivity index (χ0) is 12.0. The van der Waals surface area contributed by atoms with E-state index in [0.29, 0.717) is 19.1 Å². The summed E-state index contributed by atoms with van der Waals surface area (Å²) in [7, 11) is 0. The van der Waals surface area contributed by atoms with Gasteiger partial charge in [0, 0.05) is 13.0 Å². The Morgan fingerprint density at radius 3 is 2.62 bits per heavy atom. The molecule has 0 saturated heterocycles. The van der Waals surface area contributed by atoms with Crippen molar-refractivity contribution in [2.45, 2.75) is 38.7 Å². The van der Waals surface area contributed by atoms with Crippen molar-refractivity contribution in [2.75, 3.05) is 13.2 Å². The van der Waals surface area contributed by atoms with Gasteiger partial charge in [0.2, 0.25) is 5.91 Å². The molecule has 2 N–H and O–H groups in total. The van der Waals surface area contributed by atoms with Crippen molar-refractivity contribution in [2.24, 2.45) is 5.92 Å². The number of aliphatic hydroxyl groups is 1. The highest BCUT2D eigenvalue weighted by Crippen LogP contribution is 2.25. The lowest BCUT2D eigenvalue weighted by atomic mass is 9.82. The van der Waals surface area contributed by atoms with Crippen molar-refractivity contribution in [3.8, 4) is 0 Å². The average Bonchev–Trinajstić information content (AvgIpc) is 2.20. The van der Waals surface area contributed by atoms with E-state index in [1.165, 1.54) is 0 Å². The van der Waals surface area contributed by atoms with E-state index in [4.69, 9.17) is 9.84 Å². The van der Waals surface area contributed by atoms with Crippen molar-refractivity contribution in [1.82, 2.24) is 5.32 Å². The molecule has 1 saturated carbocycles. The molecule has 0 spiro atoms. The molecular weight excluding hydrogens is 210 g/mol.